The lowest BCUT2D eigenvalue weighted by Crippen LogP contribution is -2.26. The summed E-state index contributed by atoms with van der Waals surface area (Å²) in [6.07, 6.45) is 0. The molecule has 0 unspecified atom stereocenters. The number of fused-ring (bicyclic) bond motifs is 1. The van der Waals surface area contributed by atoms with Gasteiger partial charge in [0.1, 0.15) is 9.99 Å². The summed E-state index contributed by atoms with van der Waals surface area (Å²) in [5.41, 5.74) is 0.479. The molecule has 2 aromatic heterocycles. The Kier molecular flexibility index (Phi) is 2.53. The summed E-state index contributed by atoms with van der Waals surface area (Å²) in [6, 6.07) is 0. The molecule has 0 aromatic carbocycles. The topological polar surface area (TPSA) is 56.0 Å². The van der Waals surface area contributed by atoms with Gasteiger partial charge in [-0.25, -0.2) is 0 Å². The first-order valence-corrected chi connectivity index (χ1v) is 5.49. The van der Waals surface area contributed by atoms with E-state index in [0.29, 0.717) is 21.6 Å². The molecule has 6 nitrogen and oxygen atoms in total. The smallest absolute Gasteiger partial charge is 0.266 e. The average Bonchev–Trinajstić information content (AvgIpc) is 2.47. The number of halogens is 1. The molecule has 8 heteroatoms. The number of anilines is 1. The Labute approximate surface area is 101 Å². The maximum Gasteiger partial charge on any atom is 0.266 e. The highest BCUT2D eigenvalue weighted by molar-refractivity contribution is 9.10. The van der Waals surface area contributed by atoms with Crippen molar-refractivity contribution in [3.05, 3.63) is 15.0 Å². The van der Waals surface area contributed by atoms with Crippen LogP contribution in [0.3, 0.4) is 0 Å². The molecule has 0 aliphatic rings. The SMILES string of the molecule is Bn1nc(Br)c2c(=O)n(C)c(N(C)C)nc21. The minimum atomic E-state index is -0.103. The Morgan fingerprint density at radius 1 is 1.44 bits per heavy atom. The van der Waals surface area contributed by atoms with E-state index in [0.717, 1.165) is 0 Å². The second-order valence-corrected chi connectivity index (χ2v) is 4.53. The zero-order valence-electron chi connectivity index (χ0n) is 9.52. The molecule has 0 N–H and O–H groups in total. The van der Waals surface area contributed by atoms with Gasteiger partial charge in [0.2, 0.25) is 5.95 Å². The molecule has 2 rings (SSSR count). The highest BCUT2D eigenvalue weighted by atomic mass is 79.9. The molecular weight excluding hydrogens is 273 g/mol. The van der Waals surface area contributed by atoms with E-state index < -0.39 is 0 Å². The van der Waals surface area contributed by atoms with Crippen LogP contribution in [0.1, 0.15) is 0 Å². The van der Waals surface area contributed by atoms with Gasteiger partial charge in [0.05, 0.1) is 0 Å². The first-order valence-electron chi connectivity index (χ1n) is 4.70. The van der Waals surface area contributed by atoms with Gasteiger partial charge in [0, 0.05) is 21.1 Å². The molecule has 2 heterocycles. The fourth-order valence-electron chi connectivity index (χ4n) is 1.62. The van der Waals surface area contributed by atoms with Crippen molar-refractivity contribution in [1.29, 1.82) is 0 Å². The van der Waals surface area contributed by atoms with Crippen molar-refractivity contribution in [3.8, 4) is 0 Å². The minimum Gasteiger partial charge on any atom is -0.348 e. The Morgan fingerprint density at radius 2 is 2.06 bits per heavy atom. The number of rotatable bonds is 1. The molecule has 0 aliphatic carbocycles. The van der Waals surface area contributed by atoms with Gasteiger partial charge in [-0.3, -0.25) is 9.36 Å². The Hall–Kier alpha value is -1.31. The Bertz CT molecular complexity index is 617. The van der Waals surface area contributed by atoms with Crippen molar-refractivity contribution in [2.75, 3.05) is 19.0 Å². The van der Waals surface area contributed by atoms with Gasteiger partial charge in [-0.1, -0.05) is 0 Å². The van der Waals surface area contributed by atoms with Crippen molar-refractivity contribution >= 4 is 40.9 Å². The molecule has 0 spiro atoms. The van der Waals surface area contributed by atoms with E-state index in [9.17, 15) is 4.79 Å². The molecular formula is C8H11BBrN5O. The Morgan fingerprint density at radius 3 is 2.62 bits per heavy atom. The van der Waals surface area contributed by atoms with E-state index >= 15 is 0 Å². The van der Waals surface area contributed by atoms with Gasteiger partial charge in [-0.15, -0.1) is 0 Å². The summed E-state index contributed by atoms with van der Waals surface area (Å²) in [5.74, 6) is 0.605. The third kappa shape index (κ3) is 1.44. The molecule has 0 aliphatic heterocycles. The zero-order chi connectivity index (χ0) is 12.0. The average molecular weight is 284 g/mol. The van der Waals surface area contributed by atoms with E-state index in [-0.39, 0.29) is 5.56 Å². The molecule has 16 heavy (non-hydrogen) atoms. The quantitative estimate of drug-likeness (QED) is 0.653. The van der Waals surface area contributed by atoms with Crippen molar-refractivity contribution in [3.63, 3.8) is 0 Å². The van der Waals surface area contributed by atoms with E-state index in [1.54, 1.807) is 24.5 Å². The summed E-state index contributed by atoms with van der Waals surface area (Å²) in [4.78, 5) is 18.3. The number of hydrogen-bond donors (Lipinski definition) is 0. The molecule has 0 bridgehead atoms. The number of aromatic nitrogens is 4. The van der Waals surface area contributed by atoms with Crippen LogP contribution in [0, 0.1) is 0 Å². The Balaban J connectivity index is 2.97. The predicted octanol–water partition coefficient (Wildman–Crippen LogP) is -0.645. The molecule has 0 saturated heterocycles. The number of hydrogen-bond acceptors (Lipinski definition) is 4. The van der Waals surface area contributed by atoms with Crippen molar-refractivity contribution in [2.45, 2.75) is 0 Å². The molecule has 0 fully saturated rings. The minimum absolute atomic E-state index is 0.103. The normalized spacial score (nSPS) is 11.0. The molecule has 0 saturated carbocycles. The molecule has 0 amide bonds. The zero-order valence-corrected chi connectivity index (χ0v) is 11.1. The van der Waals surface area contributed by atoms with Gasteiger partial charge in [-0.2, -0.15) is 10.1 Å². The lowest BCUT2D eigenvalue weighted by molar-refractivity contribution is 0.807. The van der Waals surface area contributed by atoms with Gasteiger partial charge in [0.25, 0.3) is 13.5 Å². The number of nitrogens with zero attached hydrogens (tertiary/aromatic N) is 5. The second-order valence-electron chi connectivity index (χ2n) is 3.78. The van der Waals surface area contributed by atoms with Crippen molar-refractivity contribution < 1.29 is 0 Å². The third-order valence-electron chi connectivity index (χ3n) is 2.40. The van der Waals surface area contributed by atoms with Crippen LogP contribution in [-0.4, -0.2) is 41.3 Å². The molecule has 84 valence electrons. The maximum absolute atomic E-state index is 12.1. The molecule has 2 aromatic rings. The van der Waals surface area contributed by atoms with Gasteiger partial charge in [0.15, 0.2) is 5.65 Å². The monoisotopic (exact) mass is 283 g/mol. The lowest BCUT2D eigenvalue weighted by atomic mass is 10.4. The third-order valence-corrected chi connectivity index (χ3v) is 2.95. The molecule has 0 radical (unpaired) electrons. The fourth-order valence-corrected chi connectivity index (χ4v) is 2.21. The van der Waals surface area contributed by atoms with Crippen LogP contribution in [0.5, 0.6) is 0 Å². The van der Waals surface area contributed by atoms with Gasteiger partial charge >= 0.3 is 0 Å². The standard InChI is InChI=1S/C8H11BBrN5O/c1-13(2)8-11-6-4(7(16)14(8)3)5(10)12-15(6)9/h9H2,1-3H3. The van der Waals surface area contributed by atoms with Crippen LogP contribution in [-0.2, 0) is 7.05 Å². The van der Waals surface area contributed by atoms with Gasteiger partial charge < -0.3 is 9.49 Å². The lowest BCUT2D eigenvalue weighted by Gasteiger charge is -2.14. The maximum atomic E-state index is 12.1. The highest BCUT2D eigenvalue weighted by Gasteiger charge is 2.16. The van der Waals surface area contributed by atoms with Crippen LogP contribution in [0.2, 0.25) is 0 Å². The van der Waals surface area contributed by atoms with E-state index in [2.05, 4.69) is 26.0 Å². The highest BCUT2D eigenvalue weighted by Crippen LogP contribution is 2.19. The molecule has 0 atom stereocenters. The summed E-state index contributed by atoms with van der Waals surface area (Å²) >= 11 is 3.27. The van der Waals surface area contributed by atoms with Crippen LogP contribution < -0.4 is 10.5 Å². The summed E-state index contributed by atoms with van der Waals surface area (Å²) in [7, 11) is 7.15. The summed E-state index contributed by atoms with van der Waals surface area (Å²) in [6.45, 7) is 0. The van der Waals surface area contributed by atoms with Crippen LogP contribution in [0.25, 0.3) is 11.0 Å². The first-order chi connectivity index (χ1) is 7.43. The van der Waals surface area contributed by atoms with Crippen molar-refractivity contribution in [2.24, 2.45) is 7.05 Å². The van der Waals surface area contributed by atoms with Crippen LogP contribution in [0.4, 0.5) is 5.95 Å². The summed E-state index contributed by atoms with van der Waals surface area (Å²) in [5, 5.41) is 4.64. The fraction of sp³-hybridized carbons (Fsp3) is 0.375. The predicted molar refractivity (Wildman–Crippen MR) is 68.7 cm³/mol. The second kappa shape index (κ2) is 3.62. The summed E-state index contributed by atoms with van der Waals surface area (Å²) < 4.78 is 3.63. The van der Waals surface area contributed by atoms with Crippen molar-refractivity contribution in [1.82, 2.24) is 19.2 Å². The van der Waals surface area contributed by atoms with E-state index in [4.69, 9.17) is 0 Å². The van der Waals surface area contributed by atoms with Crippen LogP contribution in [0.15, 0.2) is 9.40 Å². The van der Waals surface area contributed by atoms with E-state index in [1.165, 1.54) is 4.57 Å². The van der Waals surface area contributed by atoms with E-state index in [1.807, 2.05) is 14.1 Å². The van der Waals surface area contributed by atoms with Crippen LogP contribution >= 0.6 is 15.9 Å². The first kappa shape index (κ1) is 11.2. The largest absolute Gasteiger partial charge is 0.348 e. The van der Waals surface area contributed by atoms with Gasteiger partial charge in [-0.05, 0) is 15.9 Å².